The smallest absolute Gasteiger partial charge is 0.255 e. The van der Waals surface area contributed by atoms with Crippen LogP contribution in [0.25, 0.3) is 16.7 Å². The van der Waals surface area contributed by atoms with Crippen LogP contribution in [0.4, 0.5) is 0 Å². The van der Waals surface area contributed by atoms with Gasteiger partial charge in [0.1, 0.15) is 11.5 Å². The number of unbranched alkanes of at least 4 members (excludes halogenated alkanes) is 2. The van der Waals surface area contributed by atoms with Gasteiger partial charge in [0.2, 0.25) is 0 Å². The number of nitrogens with one attached hydrogen (secondary N) is 2. The summed E-state index contributed by atoms with van der Waals surface area (Å²) in [6.45, 7) is 9.95. The number of aromatic hydroxyl groups is 2. The van der Waals surface area contributed by atoms with E-state index in [1.54, 1.807) is 6.07 Å². The van der Waals surface area contributed by atoms with E-state index in [0.29, 0.717) is 23.4 Å². The fourth-order valence-electron chi connectivity index (χ4n) is 3.73. The third-order valence-corrected chi connectivity index (χ3v) is 5.34. The molecule has 0 spiro atoms. The SMILES string of the molecule is C=C(C)c1ccc(C)cc1-c1c(O)cc(CCCCC)c(C(=O)NCc2nn[nH]n2)c1O. The maximum atomic E-state index is 13.1. The number of hydrogen-bond donors (Lipinski definition) is 4. The van der Waals surface area contributed by atoms with Gasteiger partial charge in [-0.2, -0.15) is 5.21 Å². The Balaban J connectivity index is 2.12. The van der Waals surface area contributed by atoms with E-state index >= 15 is 0 Å². The number of carbonyl (C=O) groups excluding carboxylic acids is 1. The van der Waals surface area contributed by atoms with Crippen LogP contribution in [0.3, 0.4) is 0 Å². The summed E-state index contributed by atoms with van der Waals surface area (Å²) in [7, 11) is 0. The first-order valence-corrected chi connectivity index (χ1v) is 10.7. The second kappa shape index (κ2) is 10.1. The first-order valence-electron chi connectivity index (χ1n) is 10.7. The van der Waals surface area contributed by atoms with Crippen LogP contribution < -0.4 is 5.32 Å². The topological polar surface area (TPSA) is 124 Å². The second-order valence-electron chi connectivity index (χ2n) is 7.95. The molecule has 0 bridgehead atoms. The van der Waals surface area contributed by atoms with Gasteiger partial charge < -0.3 is 15.5 Å². The predicted octanol–water partition coefficient (Wildman–Crippen LogP) is 4.28. The van der Waals surface area contributed by atoms with Crippen molar-refractivity contribution in [2.75, 3.05) is 0 Å². The second-order valence-corrected chi connectivity index (χ2v) is 7.95. The van der Waals surface area contributed by atoms with E-state index in [2.05, 4.69) is 39.4 Å². The normalized spacial score (nSPS) is 10.8. The quantitative estimate of drug-likeness (QED) is 0.372. The van der Waals surface area contributed by atoms with Crippen molar-refractivity contribution >= 4 is 11.5 Å². The van der Waals surface area contributed by atoms with Crippen LogP contribution in [0, 0.1) is 6.92 Å². The Morgan fingerprint density at radius 1 is 1.22 bits per heavy atom. The van der Waals surface area contributed by atoms with Crippen LogP contribution >= 0.6 is 0 Å². The lowest BCUT2D eigenvalue weighted by Crippen LogP contribution is -2.25. The highest BCUT2D eigenvalue weighted by atomic mass is 16.3. The van der Waals surface area contributed by atoms with Crippen LogP contribution in [0.2, 0.25) is 0 Å². The number of hydrogen-bond acceptors (Lipinski definition) is 6. The minimum absolute atomic E-state index is 0.0564. The summed E-state index contributed by atoms with van der Waals surface area (Å²) < 4.78 is 0. The molecule has 1 amide bonds. The molecule has 8 nitrogen and oxygen atoms in total. The van der Waals surface area contributed by atoms with Gasteiger partial charge in [-0.3, -0.25) is 4.79 Å². The van der Waals surface area contributed by atoms with E-state index < -0.39 is 5.91 Å². The molecule has 0 saturated heterocycles. The summed E-state index contributed by atoms with van der Waals surface area (Å²) in [6, 6.07) is 7.30. The number of aryl methyl sites for hydroxylation is 2. The number of H-pyrrole nitrogens is 1. The van der Waals surface area contributed by atoms with E-state index in [9.17, 15) is 15.0 Å². The fourth-order valence-corrected chi connectivity index (χ4v) is 3.73. The van der Waals surface area contributed by atoms with E-state index in [1.165, 1.54) is 0 Å². The Labute approximate surface area is 187 Å². The molecule has 0 saturated carbocycles. The molecule has 2 aromatic carbocycles. The first-order chi connectivity index (χ1) is 15.3. The highest BCUT2D eigenvalue weighted by Crippen LogP contribution is 2.44. The molecule has 0 aliphatic rings. The van der Waals surface area contributed by atoms with E-state index in [1.807, 2.05) is 32.0 Å². The molecular formula is C24H29N5O3. The number of nitrogens with zero attached hydrogens (tertiary/aromatic N) is 3. The Bertz CT molecular complexity index is 1120. The molecule has 0 aliphatic carbocycles. The highest BCUT2D eigenvalue weighted by Gasteiger charge is 2.25. The summed E-state index contributed by atoms with van der Waals surface area (Å²) in [5.41, 5.74) is 4.11. The summed E-state index contributed by atoms with van der Waals surface area (Å²) in [5.74, 6) is -0.468. The number of allylic oxidation sites excluding steroid dienone is 1. The number of aromatic amines is 1. The van der Waals surface area contributed by atoms with Crippen molar-refractivity contribution in [3.63, 3.8) is 0 Å². The lowest BCUT2D eigenvalue weighted by molar-refractivity contribution is 0.0946. The van der Waals surface area contributed by atoms with Crippen molar-refractivity contribution in [1.82, 2.24) is 25.9 Å². The number of carbonyl (C=O) groups is 1. The molecule has 0 fully saturated rings. The monoisotopic (exact) mass is 435 g/mol. The molecule has 3 aromatic rings. The third kappa shape index (κ3) is 4.96. The van der Waals surface area contributed by atoms with E-state index in [0.717, 1.165) is 36.0 Å². The van der Waals surface area contributed by atoms with Crippen molar-refractivity contribution in [2.24, 2.45) is 0 Å². The minimum atomic E-state index is -0.468. The average Bonchev–Trinajstić information content (AvgIpc) is 3.25. The Morgan fingerprint density at radius 2 is 2.00 bits per heavy atom. The van der Waals surface area contributed by atoms with Crippen molar-refractivity contribution in [2.45, 2.75) is 53.0 Å². The Kier molecular flexibility index (Phi) is 7.25. The number of amides is 1. The zero-order valence-corrected chi connectivity index (χ0v) is 18.7. The molecule has 4 N–H and O–H groups in total. The number of tetrazole rings is 1. The first kappa shape index (κ1) is 23.0. The largest absolute Gasteiger partial charge is 0.507 e. The molecule has 8 heteroatoms. The molecule has 32 heavy (non-hydrogen) atoms. The molecule has 0 atom stereocenters. The highest BCUT2D eigenvalue weighted by molar-refractivity contribution is 6.02. The van der Waals surface area contributed by atoms with Crippen LogP contribution in [0.15, 0.2) is 30.8 Å². The van der Waals surface area contributed by atoms with Crippen molar-refractivity contribution in [3.8, 4) is 22.6 Å². The molecule has 168 valence electrons. The summed E-state index contributed by atoms with van der Waals surface area (Å²) in [4.78, 5) is 13.1. The maximum Gasteiger partial charge on any atom is 0.255 e. The summed E-state index contributed by atoms with van der Waals surface area (Å²) in [6.07, 6.45) is 3.38. The predicted molar refractivity (Wildman–Crippen MR) is 123 cm³/mol. The zero-order chi connectivity index (χ0) is 23.3. The summed E-state index contributed by atoms with van der Waals surface area (Å²) in [5, 5.41) is 38.4. The Morgan fingerprint density at radius 3 is 2.66 bits per heavy atom. The number of phenolic OH excluding ortho intramolecular Hbond substituents is 2. The molecule has 0 unspecified atom stereocenters. The van der Waals surface area contributed by atoms with Gasteiger partial charge >= 0.3 is 0 Å². The molecule has 1 heterocycles. The van der Waals surface area contributed by atoms with Crippen molar-refractivity contribution in [3.05, 3.63) is 58.9 Å². The number of benzene rings is 2. The fraction of sp³-hybridized carbons (Fsp3) is 0.333. The molecule has 0 radical (unpaired) electrons. The number of phenols is 2. The van der Waals surface area contributed by atoms with Crippen molar-refractivity contribution < 1.29 is 15.0 Å². The van der Waals surface area contributed by atoms with Crippen LogP contribution in [-0.4, -0.2) is 36.7 Å². The summed E-state index contributed by atoms with van der Waals surface area (Å²) >= 11 is 0. The molecule has 0 aliphatic heterocycles. The number of aromatic nitrogens is 4. The van der Waals surface area contributed by atoms with E-state index in [-0.39, 0.29) is 29.2 Å². The van der Waals surface area contributed by atoms with Gasteiger partial charge in [-0.25, -0.2) is 0 Å². The van der Waals surface area contributed by atoms with E-state index in [4.69, 9.17) is 0 Å². The van der Waals surface area contributed by atoms with Crippen LogP contribution in [0.5, 0.6) is 11.5 Å². The lowest BCUT2D eigenvalue weighted by atomic mass is 9.89. The van der Waals surface area contributed by atoms with Gasteiger partial charge in [-0.15, -0.1) is 10.2 Å². The van der Waals surface area contributed by atoms with Gasteiger partial charge in [0.05, 0.1) is 17.7 Å². The van der Waals surface area contributed by atoms with Gasteiger partial charge in [-0.1, -0.05) is 60.9 Å². The van der Waals surface area contributed by atoms with Gasteiger partial charge in [0.25, 0.3) is 5.91 Å². The lowest BCUT2D eigenvalue weighted by Gasteiger charge is -2.19. The number of rotatable bonds is 9. The maximum absolute atomic E-state index is 13.1. The molecular weight excluding hydrogens is 406 g/mol. The zero-order valence-electron chi connectivity index (χ0n) is 18.7. The average molecular weight is 436 g/mol. The van der Waals surface area contributed by atoms with Gasteiger partial charge in [-0.05, 0) is 49.4 Å². The van der Waals surface area contributed by atoms with Crippen molar-refractivity contribution in [1.29, 1.82) is 0 Å². The van der Waals surface area contributed by atoms with Crippen LogP contribution in [-0.2, 0) is 13.0 Å². The van der Waals surface area contributed by atoms with Crippen LogP contribution in [0.1, 0.15) is 66.0 Å². The standard InChI is InChI=1S/C24H29N5O3/c1-5-6-7-8-16-12-19(30)22(18-11-15(4)9-10-17(18)14(2)3)23(31)21(16)24(32)25-13-20-26-28-29-27-20/h9-12,30-31H,2,5-8,13H2,1,3-4H3,(H,25,32)(H,26,27,28,29). The molecule has 1 aromatic heterocycles. The van der Waals surface area contributed by atoms with Gasteiger partial charge in [0.15, 0.2) is 5.82 Å². The third-order valence-electron chi connectivity index (χ3n) is 5.34. The molecule has 3 rings (SSSR count). The Hall–Kier alpha value is -3.68. The van der Waals surface area contributed by atoms with Gasteiger partial charge in [0, 0.05) is 0 Å². The minimum Gasteiger partial charge on any atom is -0.507 e.